The van der Waals surface area contributed by atoms with Gasteiger partial charge in [0.15, 0.2) is 5.82 Å². The lowest BCUT2D eigenvalue weighted by atomic mass is 9.92. The Hall–Kier alpha value is -1.36. The van der Waals surface area contributed by atoms with Gasteiger partial charge in [0.2, 0.25) is 11.2 Å². The van der Waals surface area contributed by atoms with Crippen molar-refractivity contribution in [3.63, 3.8) is 0 Å². The molecule has 1 aromatic rings. The van der Waals surface area contributed by atoms with Crippen LogP contribution in [0.1, 0.15) is 33.6 Å². The third kappa shape index (κ3) is 1.92. The minimum atomic E-state index is -0.583. The van der Waals surface area contributed by atoms with Crippen LogP contribution in [0.4, 0.5) is 11.5 Å². The Kier molecular flexibility index (Phi) is 3.43. The molecule has 1 unspecified atom stereocenters. The van der Waals surface area contributed by atoms with Gasteiger partial charge in [-0.05, 0) is 31.4 Å². The van der Waals surface area contributed by atoms with E-state index in [1.165, 1.54) is 0 Å². The molecule has 0 aromatic carbocycles. The van der Waals surface area contributed by atoms with Gasteiger partial charge in [0, 0.05) is 6.54 Å². The van der Waals surface area contributed by atoms with Gasteiger partial charge in [-0.2, -0.15) is 4.98 Å². The minimum Gasteiger partial charge on any atom is -0.340 e. The van der Waals surface area contributed by atoms with Crippen molar-refractivity contribution in [1.29, 1.82) is 0 Å². The second kappa shape index (κ2) is 4.72. The predicted molar refractivity (Wildman–Crippen MR) is 72.0 cm³/mol. The Balaban J connectivity index is 2.54. The molecule has 98 valence electrons. The Morgan fingerprint density at radius 3 is 2.83 bits per heavy atom. The first kappa shape index (κ1) is 13.1. The average molecular weight is 269 g/mol. The van der Waals surface area contributed by atoms with Crippen molar-refractivity contribution in [2.45, 2.75) is 39.2 Å². The number of aromatic nitrogens is 2. The summed E-state index contributed by atoms with van der Waals surface area (Å²) >= 11 is 5.85. The van der Waals surface area contributed by atoms with Crippen LogP contribution >= 0.6 is 11.6 Å². The van der Waals surface area contributed by atoms with Gasteiger partial charge >= 0.3 is 0 Å². The summed E-state index contributed by atoms with van der Waals surface area (Å²) in [5.41, 5.74) is 0.0458. The first-order valence-corrected chi connectivity index (χ1v) is 6.52. The molecule has 2 rings (SSSR count). The number of carbonyl (C=O) groups excluding carboxylic acids is 1. The Labute approximate surface area is 112 Å². The number of carbonyl (C=O) groups is 1. The van der Waals surface area contributed by atoms with Crippen LogP contribution in [0, 0.1) is 0 Å². The quantitative estimate of drug-likeness (QED) is 0.856. The number of amides is 1. The van der Waals surface area contributed by atoms with Crippen molar-refractivity contribution in [2.24, 2.45) is 0 Å². The number of fused-ring (bicyclic) bond motifs is 1. The lowest BCUT2D eigenvalue weighted by molar-refractivity contribution is -0.121. The van der Waals surface area contributed by atoms with Gasteiger partial charge in [0.05, 0.1) is 6.20 Å². The minimum absolute atomic E-state index is 0.0168. The van der Waals surface area contributed by atoms with E-state index in [1.807, 2.05) is 18.7 Å². The molecule has 1 aliphatic rings. The highest BCUT2D eigenvalue weighted by atomic mass is 35.5. The van der Waals surface area contributed by atoms with Crippen LogP contribution in [0.15, 0.2) is 6.20 Å². The summed E-state index contributed by atoms with van der Waals surface area (Å²) in [5.74, 6) is 0.692. The van der Waals surface area contributed by atoms with Gasteiger partial charge in [0.25, 0.3) is 0 Å². The van der Waals surface area contributed by atoms with Crippen molar-refractivity contribution in [3.05, 3.63) is 11.5 Å². The summed E-state index contributed by atoms with van der Waals surface area (Å²) in [7, 11) is 0. The summed E-state index contributed by atoms with van der Waals surface area (Å²) in [4.78, 5) is 22.4. The van der Waals surface area contributed by atoms with Crippen LogP contribution in [0.3, 0.4) is 0 Å². The molecule has 5 nitrogen and oxygen atoms in total. The molecule has 2 heterocycles. The summed E-state index contributed by atoms with van der Waals surface area (Å²) in [6, 6.07) is 0. The van der Waals surface area contributed by atoms with Crippen molar-refractivity contribution in [3.8, 4) is 0 Å². The molecule has 0 aliphatic carbocycles. The number of nitrogens with one attached hydrogen (secondary N) is 1. The molecule has 1 atom stereocenters. The van der Waals surface area contributed by atoms with E-state index >= 15 is 0 Å². The lowest BCUT2D eigenvalue weighted by Gasteiger charge is -2.44. The monoisotopic (exact) mass is 268 g/mol. The summed E-state index contributed by atoms with van der Waals surface area (Å²) in [5, 5.41) is 3.05. The van der Waals surface area contributed by atoms with Gasteiger partial charge < -0.3 is 10.2 Å². The Morgan fingerprint density at radius 1 is 1.50 bits per heavy atom. The van der Waals surface area contributed by atoms with E-state index in [2.05, 4.69) is 22.2 Å². The molecule has 1 aliphatic heterocycles. The lowest BCUT2D eigenvalue weighted by Crippen LogP contribution is -2.58. The first-order chi connectivity index (χ1) is 8.52. The van der Waals surface area contributed by atoms with Gasteiger partial charge in [-0.15, -0.1) is 0 Å². The van der Waals surface area contributed by atoms with E-state index in [-0.39, 0.29) is 11.2 Å². The fourth-order valence-electron chi connectivity index (χ4n) is 2.19. The molecule has 0 saturated heterocycles. The summed E-state index contributed by atoms with van der Waals surface area (Å²) < 4.78 is 0. The van der Waals surface area contributed by atoms with E-state index in [0.29, 0.717) is 17.9 Å². The van der Waals surface area contributed by atoms with Crippen LogP contribution in [-0.2, 0) is 4.79 Å². The maximum absolute atomic E-state index is 12.2. The molecule has 0 saturated carbocycles. The zero-order valence-corrected chi connectivity index (χ0v) is 11.6. The highest BCUT2D eigenvalue weighted by Gasteiger charge is 2.43. The smallest absolute Gasteiger partial charge is 0.250 e. The number of rotatable bonds is 3. The predicted octanol–water partition coefficient (Wildman–Crippen LogP) is 2.47. The topological polar surface area (TPSA) is 58.1 Å². The average Bonchev–Trinajstić information content (AvgIpc) is 2.36. The molecule has 0 spiro atoms. The number of nitrogens with zero attached hydrogens (tertiary/aromatic N) is 3. The highest BCUT2D eigenvalue weighted by molar-refractivity contribution is 6.28. The van der Waals surface area contributed by atoms with Crippen molar-refractivity contribution in [2.75, 3.05) is 16.8 Å². The molecule has 1 N–H and O–H groups in total. The molecule has 18 heavy (non-hydrogen) atoms. The molecule has 1 aromatic heterocycles. The summed E-state index contributed by atoms with van der Waals surface area (Å²) in [6.07, 6.45) is 3.20. The van der Waals surface area contributed by atoms with Crippen molar-refractivity contribution >= 4 is 29.0 Å². The fraction of sp³-hybridized carbons (Fsp3) is 0.583. The van der Waals surface area contributed by atoms with Crippen LogP contribution in [0.5, 0.6) is 0 Å². The Morgan fingerprint density at radius 2 is 2.22 bits per heavy atom. The number of anilines is 2. The molecule has 0 radical (unpaired) electrons. The van der Waals surface area contributed by atoms with Gasteiger partial charge in [-0.1, -0.05) is 13.8 Å². The summed E-state index contributed by atoms with van der Waals surface area (Å²) in [6.45, 7) is 6.76. The van der Waals surface area contributed by atoms with E-state index in [1.54, 1.807) is 6.20 Å². The zero-order valence-electron chi connectivity index (χ0n) is 10.8. The van der Waals surface area contributed by atoms with Crippen molar-refractivity contribution in [1.82, 2.24) is 9.97 Å². The third-order valence-electron chi connectivity index (χ3n) is 3.46. The van der Waals surface area contributed by atoms with Crippen LogP contribution in [-0.4, -0.2) is 28.0 Å². The van der Waals surface area contributed by atoms with Gasteiger partial charge in [-0.25, -0.2) is 4.98 Å². The second-order valence-corrected chi connectivity index (χ2v) is 4.95. The van der Waals surface area contributed by atoms with Crippen LogP contribution < -0.4 is 10.2 Å². The molecular formula is C12H17ClN4O. The number of halogens is 1. The second-order valence-electron chi connectivity index (χ2n) is 4.61. The molecule has 6 heteroatoms. The first-order valence-electron chi connectivity index (χ1n) is 6.14. The van der Waals surface area contributed by atoms with E-state index in [9.17, 15) is 4.79 Å². The molecule has 1 amide bonds. The van der Waals surface area contributed by atoms with Crippen molar-refractivity contribution < 1.29 is 4.79 Å². The van der Waals surface area contributed by atoms with Gasteiger partial charge in [-0.3, -0.25) is 4.79 Å². The molecular weight excluding hydrogens is 252 g/mol. The largest absolute Gasteiger partial charge is 0.340 e. The van der Waals surface area contributed by atoms with Crippen LogP contribution in [0.25, 0.3) is 0 Å². The zero-order chi connectivity index (χ0) is 13.3. The molecule has 0 bridgehead atoms. The molecule has 0 fully saturated rings. The SMILES string of the molecule is CCCN1c2nc(Cl)ncc2NC(=O)C1(C)CC. The van der Waals surface area contributed by atoms with Crippen LogP contribution in [0.2, 0.25) is 5.28 Å². The highest BCUT2D eigenvalue weighted by Crippen LogP contribution is 2.37. The normalized spacial score (nSPS) is 22.7. The number of hydrogen-bond acceptors (Lipinski definition) is 4. The Bertz CT molecular complexity index is 479. The van der Waals surface area contributed by atoms with E-state index < -0.39 is 5.54 Å². The number of hydrogen-bond donors (Lipinski definition) is 1. The van der Waals surface area contributed by atoms with E-state index in [0.717, 1.165) is 13.0 Å². The fourth-order valence-corrected chi connectivity index (χ4v) is 2.32. The van der Waals surface area contributed by atoms with Gasteiger partial charge in [0.1, 0.15) is 11.2 Å². The third-order valence-corrected chi connectivity index (χ3v) is 3.65. The maximum atomic E-state index is 12.2. The maximum Gasteiger partial charge on any atom is 0.250 e. The van der Waals surface area contributed by atoms with E-state index in [4.69, 9.17) is 11.6 Å². The standard InChI is InChI=1S/C12H17ClN4O/c1-4-6-17-9-8(7-14-11(13)16-9)15-10(18)12(17,3)5-2/h7H,4-6H2,1-3H3,(H,15,18).